The summed E-state index contributed by atoms with van der Waals surface area (Å²) >= 11 is 12.0. The van der Waals surface area contributed by atoms with Gasteiger partial charge < -0.3 is 5.11 Å². The molecule has 0 bridgehead atoms. The second-order valence-corrected chi connectivity index (χ2v) is 5.35. The predicted molar refractivity (Wildman–Crippen MR) is 80.3 cm³/mol. The van der Waals surface area contributed by atoms with Crippen LogP contribution in [0.5, 0.6) is 0 Å². The largest absolute Gasteiger partial charge is 0.476 e. The number of imidazole rings is 1. The highest BCUT2D eigenvalue weighted by Gasteiger charge is 2.20. The number of fused-ring (bicyclic) bond motifs is 1. The van der Waals surface area contributed by atoms with Crippen molar-refractivity contribution < 1.29 is 9.90 Å². The maximum atomic E-state index is 12.1. The average molecular weight is 339 g/mol. The number of carbonyl (C=O) groups is 1. The summed E-state index contributed by atoms with van der Waals surface area (Å²) in [5, 5.41) is 13.4. The van der Waals surface area contributed by atoms with Crippen LogP contribution in [0.2, 0.25) is 10.2 Å². The number of rotatable bonds is 2. The Morgan fingerprint density at radius 2 is 2.05 bits per heavy atom. The van der Waals surface area contributed by atoms with Crippen molar-refractivity contribution in [3.05, 3.63) is 56.1 Å². The van der Waals surface area contributed by atoms with Crippen molar-refractivity contribution in [2.45, 2.75) is 6.92 Å². The number of carboxylic acid groups (broad SMARTS) is 1. The molecule has 0 saturated heterocycles. The van der Waals surface area contributed by atoms with Crippen LogP contribution in [0.3, 0.4) is 0 Å². The van der Waals surface area contributed by atoms with E-state index in [0.717, 1.165) is 5.56 Å². The van der Waals surface area contributed by atoms with Crippen LogP contribution in [0, 0.1) is 6.92 Å². The first-order valence-corrected chi connectivity index (χ1v) is 6.82. The van der Waals surface area contributed by atoms with Crippen molar-refractivity contribution in [2.75, 3.05) is 0 Å². The quantitative estimate of drug-likeness (QED) is 0.773. The highest BCUT2D eigenvalue weighted by Crippen LogP contribution is 2.21. The monoisotopic (exact) mass is 338 g/mol. The van der Waals surface area contributed by atoms with Crippen LogP contribution < -0.4 is 5.43 Å². The summed E-state index contributed by atoms with van der Waals surface area (Å²) in [6.07, 6.45) is 1.35. The summed E-state index contributed by atoms with van der Waals surface area (Å²) in [7, 11) is 0. The average Bonchev–Trinajstić information content (AvgIpc) is 2.82. The number of benzene rings is 1. The molecule has 9 heteroatoms. The lowest BCUT2D eigenvalue weighted by Crippen LogP contribution is -2.26. The summed E-state index contributed by atoms with van der Waals surface area (Å²) < 4.78 is 1.26. The fourth-order valence-electron chi connectivity index (χ4n) is 2.02. The first-order chi connectivity index (χ1) is 10.4. The van der Waals surface area contributed by atoms with Gasteiger partial charge in [0.25, 0.3) is 5.43 Å². The topological polar surface area (TPSA) is 89.5 Å². The highest BCUT2D eigenvalue weighted by molar-refractivity contribution is 6.32. The number of hydrogen-bond acceptors (Lipinski definition) is 4. The molecule has 112 valence electrons. The van der Waals surface area contributed by atoms with Gasteiger partial charge in [0, 0.05) is 0 Å². The predicted octanol–water partition coefficient (Wildman–Crippen LogP) is 2.19. The summed E-state index contributed by atoms with van der Waals surface area (Å²) in [4.78, 5) is 28.3. The lowest BCUT2D eigenvalue weighted by Gasteiger charge is -2.11. The van der Waals surface area contributed by atoms with E-state index in [1.54, 1.807) is 18.2 Å². The van der Waals surface area contributed by atoms with Crippen LogP contribution in [-0.4, -0.2) is 30.5 Å². The van der Waals surface area contributed by atoms with Gasteiger partial charge in [-0.25, -0.2) is 14.3 Å². The van der Waals surface area contributed by atoms with E-state index in [0.29, 0.717) is 10.7 Å². The molecule has 0 atom stereocenters. The third-order valence-corrected chi connectivity index (χ3v) is 3.48. The van der Waals surface area contributed by atoms with Gasteiger partial charge in [-0.05, 0) is 24.6 Å². The van der Waals surface area contributed by atoms with Crippen LogP contribution >= 0.6 is 23.2 Å². The number of nitrogens with zero attached hydrogens (tertiary/aromatic N) is 4. The Bertz CT molecular complexity index is 977. The van der Waals surface area contributed by atoms with E-state index in [2.05, 4.69) is 10.1 Å². The molecule has 0 spiro atoms. The molecule has 0 aliphatic carbocycles. The van der Waals surface area contributed by atoms with Gasteiger partial charge in [0.05, 0.1) is 11.2 Å². The Labute approximate surface area is 133 Å². The lowest BCUT2D eigenvalue weighted by molar-refractivity contribution is 0.0686. The third-order valence-electron chi connectivity index (χ3n) is 3.00. The number of aromatic nitrogens is 4. The fourth-order valence-corrected chi connectivity index (χ4v) is 2.50. The van der Waals surface area contributed by atoms with E-state index < -0.39 is 17.1 Å². The summed E-state index contributed by atoms with van der Waals surface area (Å²) in [6, 6.07) is 5.14. The van der Waals surface area contributed by atoms with E-state index >= 15 is 0 Å². The summed E-state index contributed by atoms with van der Waals surface area (Å²) in [5.74, 6) is -1.45. The second kappa shape index (κ2) is 5.11. The third kappa shape index (κ3) is 2.24. The van der Waals surface area contributed by atoms with E-state index in [1.165, 1.54) is 15.5 Å². The van der Waals surface area contributed by atoms with Crippen molar-refractivity contribution in [3.8, 4) is 5.69 Å². The maximum Gasteiger partial charge on any atom is 0.360 e. The molecule has 0 unspecified atom stereocenters. The molecule has 2 heterocycles. The molecule has 3 aromatic rings. The van der Waals surface area contributed by atoms with E-state index in [-0.39, 0.29) is 10.8 Å². The SMILES string of the molecule is Cc1ccc(-n2nc(C(=O)O)c(=O)c3nc(Cl)cn32)c(Cl)c1. The summed E-state index contributed by atoms with van der Waals surface area (Å²) in [6.45, 7) is 1.86. The van der Waals surface area contributed by atoms with E-state index in [4.69, 9.17) is 28.3 Å². The van der Waals surface area contributed by atoms with Crippen molar-refractivity contribution in [1.29, 1.82) is 0 Å². The molecule has 1 N–H and O–H groups in total. The first kappa shape index (κ1) is 14.6. The second-order valence-electron chi connectivity index (χ2n) is 4.56. The molecule has 0 fully saturated rings. The fraction of sp³-hybridized carbons (Fsp3) is 0.0769. The van der Waals surface area contributed by atoms with Gasteiger partial charge in [-0.15, -0.1) is 5.10 Å². The van der Waals surface area contributed by atoms with Gasteiger partial charge in [0.1, 0.15) is 10.8 Å². The number of aromatic carboxylic acids is 1. The molecule has 0 amide bonds. The first-order valence-electron chi connectivity index (χ1n) is 6.06. The minimum Gasteiger partial charge on any atom is -0.476 e. The molecule has 2 aromatic heterocycles. The molecule has 0 saturated carbocycles. The van der Waals surface area contributed by atoms with E-state index in [1.807, 2.05) is 6.92 Å². The van der Waals surface area contributed by atoms with Crippen LogP contribution in [0.25, 0.3) is 11.3 Å². The molecule has 3 rings (SSSR count). The molecule has 1 aromatic carbocycles. The van der Waals surface area contributed by atoms with Gasteiger partial charge in [0.15, 0.2) is 0 Å². The van der Waals surface area contributed by atoms with Gasteiger partial charge in [-0.1, -0.05) is 29.3 Å². The molecule has 0 aliphatic heterocycles. The maximum absolute atomic E-state index is 12.1. The summed E-state index contributed by atoms with van der Waals surface area (Å²) in [5.41, 5.74) is -0.304. The molecular weight excluding hydrogens is 331 g/mol. The number of aryl methyl sites for hydroxylation is 1. The Kier molecular flexibility index (Phi) is 3.38. The van der Waals surface area contributed by atoms with Gasteiger partial charge >= 0.3 is 5.97 Å². The Hall–Kier alpha value is -2.38. The minimum absolute atomic E-state index is 0.0402. The number of hydrogen-bond donors (Lipinski definition) is 1. The zero-order chi connectivity index (χ0) is 16.0. The van der Waals surface area contributed by atoms with Crippen molar-refractivity contribution in [2.24, 2.45) is 0 Å². The van der Waals surface area contributed by atoms with Crippen LogP contribution in [-0.2, 0) is 0 Å². The van der Waals surface area contributed by atoms with Gasteiger partial charge in [0.2, 0.25) is 11.3 Å². The molecule has 0 radical (unpaired) electrons. The molecule has 22 heavy (non-hydrogen) atoms. The molecular formula is C13H8Cl2N4O3. The Balaban J connectivity index is 2.45. The van der Waals surface area contributed by atoms with Crippen LogP contribution in [0.4, 0.5) is 0 Å². The van der Waals surface area contributed by atoms with Crippen molar-refractivity contribution >= 4 is 34.8 Å². The zero-order valence-electron chi connectivity index (χ0n) is 11.1. The normalized spacial score (nSPS) is 11.0. The van der Waals surface area contributed by atoms with Crippen LogP contribution in [0.15, 0.2) is 29.2 Å². The highest BCUT2D eigenvalue weighted by atomic mass is 35.5. The number of carboxylic acids is 1. The van der Waals surface area contributed by atoms with E-state index in [9.17, 15) is 9.59 Å². The van der Waals surface area contributed by atoms with Crippen molar-refractivity contribution in [3.63, 3.8) is 0 Å². The Morgan fingerprint density at radius 3 is 2.68 bits per heavy atom. The van der Waals surface area contributed by atoms with Crippen molar-refractivity contribution in [1.82, 2.24) is 19.4 Å². The lowest BCUT2D eigenvalue weighted by atomic mass is 10.2. The van der Waals surface area contributed by atoms with Crippen LogP contribution in [0.1, 0.15) is 16.1 Å². The molecule has 0 aliphatic rings. The molecule has 7 nitrogen and oxygen atoms in total. The van der Waals surface area contributed by atoms with Gasteiger partial charge in [-0.2, -0.15) is 4.80 Å². The standard InChI is InChI=1S/C13H8Cl2N4O3/c1-6-2-3-8(7(14)4-6)19-17-10(13(21)22)11(20)12-16-9(15)5-18(12)19/h2-5H,1H3,(H,21,22). The van der Waals surface area contributed by atoms with Gasteiger partial charge in [-0.3, -0.25) is 4.79 Å². The zero-order valence-corrected chi connectivity index (χ0v) is 12.6. The smallest absolute Gasteiger partial charge is 0.360 e. The Morgan fingerprint density at radius 1 is 1.32 bits per heavy atom. The minimum atomic E-state index is -1.45. The number of halogens is 2.